The van der Waals surface area contributed by atoms with E-state index in [0.717, 1.165) is 0 Å². The lowest BCUT2D eigenvalue weighted by Gasteiger charge is -2.37. The van der Waals surface area contributed by atoms with E-state index in [1.165, 1.54) is 0 Å². The number of hydrogen-bond donors (Lipinski definition) is 0. The summed E-state index contributed by atoms with van der Waals surface area (Å²) >= 11 is 0. The van der Waals surface area contributed by atoms with Crippen LogP contribution in [0.2, 0.25) is 52.4 Å². The van der Waals surface area contributed by atoms with Gasteiger partial charge in [-0.1, -0.05) is 6.55 Å². The lowest BCUT2D eigenvalue weighted by molar-refractivity contribution is 0.401. The van der Waals surface area contributed by atoms with Crippen LogP contribution in [0.5, 0.6) is 0 Å². The van der Waals surface area contributed by atoms with Crippen LogP contribution >= 0.6 is 0 Å². The maximum absolute atomic E-state index is 6.30. The Bertz CT molecular complexity index is 186. The third kappa shape index (κ3) is 7.13. The summed E-state index contributed by atoms with van der Waals surface area (Å²) in [6.45, 7) is 18.1. The molecule has 0 fully saturated rings. The number of rotatable bonds is 5. The van der Waals surface area contributed by atoms with Gasteiger partial charge in [-0.3, -0.25) is 0 Å². The summed E-state index contributed by atoms with van der Waals surface area (Å²) in [5.74, 6) is 0. The zero-order chi connectivity index (χ0) is 11.6. The standard InChI is InChI=1S/C8H26O2Si4/c1-11-14(7,8)10-13(5,6)9-12(2,3)4/h11H2,1-8H3. The van der Waals surface area contributed by atoms with Crippen molar-refractivity contribution in [2.75, 3.05) is 0 Å². The first kappa shape index (κ1) is 14.8. The lowest BCUT2D eigenvalue weighted by atomic mass is 11.8. The summed E-state index contributed by atoms with van der Waals surface area (Å²) in [7, 11) is -4.59. The molecule has 6 heteroatoms. The highest BCUT2D eigenvalue weighted by Crippen LogP contribution is 2.19. The average molecular weight is 267 g/mol. The molecular formula is C8H26O2Si4. The molecule has 0 rings (SSSR count). The van der Waals surface area contributed by atoms with Crippen molar-refractivity contribution in [3.8, 4) is 0 Å². The van der Waals surface area contributed by atoms with Gasteiger partial charge in [0.05, 0.1) is 0 Å². The van der Waals surface area contributed by atoms with Crippen LogP contribution in [0.15, 0.2) is 0 Å². The monoisotopic (exact) mass is 266 g/mol. The van der Waals surface area contributed by atoms with E-state index >= 15 is 0 Å². The van der Waals surface area contributed by atoms with Crippen LogP contribution in [0.4, 0.5) is 0 Å². The van der Waals surface area contributed by atoms with Gasteiger partial charge in [-0.05, 0) is 45.8 Å². The Kier molecular flexibility index (Phi) is 5.02. The van der Waals surface area contributed by atoms with E-state index in [2.05, 4.69) is 52.4 Å². The quantitative estimate of drug-likeness (QED) is 0.712. The van der Waals surface area contributed by atoms with E-state index in [4.69, 9.17) is 8.23 Å². The molecule has 0 aliphatic heterocycles. The van der Waals surface area contributed by atoms with Crippen LogP contribution < -0.4 is 0 Å². The van der Waals surface area contributed by atoms with Gasteiger partial charge >= 0.3 is 8.56 Å². The van der Waals surface area contributed by atoms with Gasteiger partial charge < -0.3 is 8.23 Å². The number of hydrogen-bond acceptors (Lipinski definition) is 2. The minimum absolute atomic E-state index is 0.00419. The molecule has 0 heterocycles. The Morgan fingerprint density at radius 1 is 0.786 bits per heavy atom. The van der Waals surface area contributed by atoms with E-state index < -0.39 is 24.7 Å². The van der Waals surface area contributed by atoms with E-state index in [9.17, 15) is 0 Å². The molecule has 0 radical (unpaired) electrons. The molecule has 86 valence electrons. The molecule has 0 saturated carbocycles. The first-order chi connectivity index (χ1) is 5.97. The molecule has 2 nitrogen and oxygen atoms in total. The van der Waals surface area contributed by atoms with Crippen LogP contribution in [-0.4, -0.2) is 33.8 Å². The Morgan fingerprint density at radius 3 is 1.50 bits per heavy atom. The van der Waals surface area contributed by atoms with Crippen molar-refractivity contribution in [3.05, 3.63) is 0 Å². The summed E-state index contributed by atoms with van der Waals surface area (Å²) in [5.41, 5.74) is 0. The van der Waals surface area contributed by atoms with E-state index in [-0.39, 0.29) is 9.04 Å². The fourth-order valence-electron chi connectivity index (χ4n) is 1.50. The fourth-order valence-corrected chi connectivity index (χ4v) is 18.3. The topological polar surface area (TPSA) is 18.5 Å². The zero-order valence-electron chi connectivity index (χ0n) is 11.0. The van der Waals surface area contributed by atoms with E-state index in [0.29, 0.717) is 0 Å². The van der Waals surface area contributed by atoms with Crippen LogP contribution in [0.1, 0.15) is 0 Å². The van der Waals surface area contributed by atoms with Crippen molar-refractivity contribution < 1.29 is 8.23 Å². The predicted molar refractivity (Wildman–Crippen MR) is 74.9 cm³/mol. The molecule has 0 N–H and O–H groups in total. The SMILES string of the molecule is C[SiH2][Si](C)(C)O[Si](C)(C)O[Si](C)(C)C. The van der Waals surface area contributed by atoms with Crippen molar-refractivity contribution >= 4 is 33.8 Å². The molecule has 0 aliphatic rings. The van der Waals surface area contributed by atoms with Gasteiger partial charge in [-0.25, -0.2) is 0 Å². The molecule has 14 heavy (non-hydrogen) atoms. The molecule has 0 aromatic rings. The second-order valence-corrected chi connectivity index (χ2v) is 25.9. The summed E-state index contributed by atoms with van der Waals surface area (Å²) in [5, 5.41) is 0. The van der Waals surface area contributed by atoms with Gasteiger partial charge in [0, 0.05) is 9.04 Å². The highest BCUT2D eigenvalue weighted by atomic mass is 29.2. The Hall–Kier alpha value is 0.788. The molecule has 0 saturated heterocycles. The van der Waals surface area contributed by atoms with Gasteiger partial charge in [-0.2, -0.15) is 0 Å². The summed E-state index contributed by atoms with van der Waals surface area (Å²) in [6, 6.07) is 0. The Morgan fingerprint density at radius 2 is 1.21 bits per heavy atom. The van der Waals surface area contributed by atoms with Gasteiger partial charge in [-0.15, -0.1) is 0 Å². The molecule has 0 atom stereocenters. The third-order valence-electron chi connectivity index (χ3n) is 1.93. The predicted octanol–water partition coefficient (Wildman–Crippen LogP) is 2.48. The van der Waals surface area contributed by atoms with Crippen LogP contribution in [0.25, 0.3) is 0 Å². The normalized spacial score (nSPS) is 15.4. The van der Waals surface area contributed by atoms with Crippen molar-refractivity contribution in [3.63, 3.8) is 0 Å². The smallest absolute Gasteiger partial charge is 0.310 e. The first-order valence-electron chi connectivity index (χ1n) is 5.38. The molecule has 0 aliphatic carbocycles. The van der Waals surface area contributed by atoms with Crippen molar-refractivity contribution in [2.24, 2.45) is 0 Å². The van der Waals surface area contributed by atoms with E-state index in [1.54, 1.807) is 0 Å². The maximum atomic E-state index is 6.30. The van der Waals surface area contributed by atoms with Gasteiger partial charge in [0.15, 0.2) is 16.2 Å². The lowest BCUT2D eigenvalue weighted by Crippen LogP contribution is -2.53. The molecule has 0 aromatic carbocycles. The van der Waals surface area contributed by atoms with E-state index in [1.807, 2.05) is 0 Å². The minimum Gasteiger partial charge on any atom is -0.440 e. The summed E-state index contributed by atoms with van der Waals surface area (Å²) < 4.78 is 12.5. The van der Waals surface area contributed by atoms with Crippen LogP contribution in [0, 0.1) is 0 Å². The minimum atomic E-state index is -1.84. The maximum Gasteiger partial charge on any atom is 0.310 e. The van der Waals surface area contributed by atoms with Crippen molar-refractivity contribution in [2.45, 2.75) is 52.4 Å². The van der Waals surface area contributed by atoms with Crippen molar-refractivity contribution in [1.82, 2.24) is 0 Å². The van der Waals surface area contributed by atoms with Gasteiger partial charge in [0.2, 0.25) is 0 Å². The third-order valence-corrected chi connectivity index (χ3v) is 18.6. The second-order valence-electron chi connectivity index (χ2n) is 5.83. The summed E-state index contributed by atoms with van der Waals surface area (Å²) in [4.78, 5) is 0. The van der Waals surface area contributed by atoms with Gasteiger partial charge in [0.25, 0.3) is 0 Å². The molecule has 0 aromatic heterocycles. The van der Waals surface area contributed by atoms with Gasteiger partial charge in [0.1, 0.15) is 0 Å². The Labute approximate surface area is 94.5 Å². The second kappa shape index (κ2) is 4.75. The molecule has 0 amide bonds. The van der Waals surface area contributed by atoms with Crippen molar-refractivity contribution in [1.29, 1.82) is 0 Å². The largest absolute Gasteiger partial charge is 0.440 e. The highest BCUT2D eigenvalue weighted by molar-refractivity contribution is 7.21. The zero-order valence-corrected chi connectivity index (χ0v) is 15.4. The van der Waals surface area contributed by atoms with Crippen LogP contribution in [0.3, 0.4) is 0 Å². The first-order valence-corrected chi connectivity index (χ1v) is 18.3. The molecular weight excluding hydrogens is 240 g/mol. The average Bonchev–Trinajstić information content (AvgIpc) is 1.78. The molecule has 0 bridgehead atoms. The summed E-state index contributed by atoms with van der Waals surface area (Å²) in [6.07, 6.45) is 0. The fraction of sp³-hybridized carbons (Fsp3) is 1.00. The molecule has 0 spiro atoms. The Balaban J connectivity index is 4.35. The van der Waals surface area contributed by atoms with Crippen LogP contribution in [-0.2, 0) is 8.23 Å². The molecule has 0 unspecified atom stereocenters. The highest BCUT2D eigenvalue weighted by Gasteiger charge is 2.36.